The Labute approximate surface area is 106 Å². The first-order valence-electron chi connectivity index (χ1n) is 5.66. The molecule has 6 nitrogen and oxygen atoms in total. The third-order valence-corrected chi connectivity index (χ3v) is 4.57. The lowest BCUT2D eigenvalue weighted by atomic mass is 10.2. The van der Waals surface area contributed by atoms with Crippen molar-refractivity contribution < 1.29 is 13.2 Å². The van der Waals surface area contributed by atoms with Crippen LogP contribution in [-0.4, -0.2) is 43.9 Å². The third-order valence-electron chi connectivity index (χ3n) is 2.81. The van der Waals surface area contributed by atoms with Gasteiger partial charge in [-0.25, -0.2) is 13.4 Å². The molecule has 18 heavy (non-hydrogen) atoms. The Morgan fingerprint density at radius 1 is 1.44 bits per heavy atom. The second-order valence-electron chi connectivity index (χ2n) is 4.23. The molecule has 1 aromatic rings. The second-order valence-corrected chi connectivity index (χ2v) is 6.46. The van der Waals surface area contributed by atoms with E-state index >= 15 is 0 Å². The van der Waals surface area contributed by atoms with Crippen LogP contribution in [0.2, 0.25) is 0 Å². The molecule has 98 valence electrons. The Morgan fingerprint density at radius 3 is 2.83 bits per heavy atom. The van der Waals surface area contributed by atoms with Gasteiger partial charge in [-0.3, -0.25) is 4.79 Å². The molecule has 0 spiro atoms. The first kappa shape index (κ1) is 12.8. The number of amides is 1. The molecular weight excluding hydrogens is 254 g/mol. The van der Waals surface area contributed by atoms with E-state index in [2.05, 4.69) is 15.6 Å². The highest BCUT2D eigenvalue weighted by atomic mass is 32.2. The van der Waals surface area contributed by atoms with Gasteiger partial charge in [0.05, 0.1) is 11.5 Å². The van der Waals surface area contributed by atoms with Gasteiger partial charge in [-0.2, -0.15) is 0 Å². The van der Waals surface area contributed by atoms with Gasteiger partial charge in [0.25, 0.3) is 5.91 Å². The monoisotopic (exact) mass is 269 g/mol. The number of aromatic nitrogens is 1. The summed E-state index contributed by atoms with van der Waals surface area (Å²) in [6.45, 7) is 0. The molecule has 1 saturated heterocycles. The number of sulfone groups is 1. The summed E-state index contributed by atoms with van der Waals surface area (Å²) in [7, 11) is -1.27. The summed E-state index contributed by atoms with van der Waals surface area (Å²) in [5.74, 6) is 0.419. The molecule has 1 fully saturated rings. The SMILES string of the molecule is CNc1cccc(C(=O)NC2CCS(=O)(=O)C2)n1. The van der Waals surface area contributed by atoms with Crippen LogP contribution < -0.4 is 10.6 Å². The van der Waals surface area contributed by atoms with E-state index in [9.17, 15) is 13.2 Å². The standard InChI is InChI=1S/C11H15N3O3S/c1-12-10-4-2-3-9(14-10)11(15)13-8-5-6-18(16,17)7-8/h2-4,8H,5-7H2,1H3,(H,12,14)(H,13,15). The molecule has 0 radical (unpaired) electrons. The Bertz CT molecular complexity index is 556. The van der Waals surface area contributed by atoms with Crippen molar-refractivity contribution in [3.05, 3.63) is 23.9 Å². The van der Waals surface area contributed by atoms with Gasteiger partial charge in [0, 0.05) is 13.1 Å². The zero-order chi connectivity index (χ0) is 13.2. The van der Waals surface area contributed by atoms with Gasteiger partial charge in [-0.15, -0.1) is 0 Å². The van der Waals surface area contributed by atoms with Crippen LogP contribution in [0.5, 0.6) is 0 Å². The smallest absolute Gasteiger partial charge is 0.270 e. The normalized spacial score (nSPS) is 21.5. The fourth-order valence-corrected chi connectivity index (χ4v) is 3.54. The van der Waals surface area contributed by atoms with Gasteiger partial charge >= 0.3 is 0 Å². The molecule has 2 N–H and O–H groups in total. The highest BCUT2D eigenvalue weighted by Crippen LogP contribution is 2.12. The second kappa shape index (κ2) is 4.93. The lowest BCUT2D eigenvalue weighted by Crippen LogP contribution is -2.36. The summed E-state index contributed by atoms with van der Waals surface area (Å²) in [6, 6.07) is 4.76. The lowest BCUT2D eigenvalue weighted by molar-refractivity contribution is 0.0936. The van der Waals surface area contributed by atoms with E-state index in [4.69, 9.17) is 0 Å². The van der Waals surface area contributed by atoms with Crippen LogP contribution in [-0.2, 0) is 9.84 Å². The Kier molecular flexibility index (Phi) is 3.51. The molecule has 0 saturated carbocycles. The molecule has 1 amide bonds. The molecule has 1 atom stereocenters. The molecule has 0 aromatic carbocycles. The fraction of sp³-hybridized carbons (Fsp3) is 0.455. The van der Waals surface area contributed by atoms with E-state index in [0.717, 1.165) is 0 Å². The number of carbonyl (C=O) groups is 1. The summed E-state index contributed by atoms with van der Waals surface area (Å²) in [5, 5.41) is 5.54. The number of nitrogens with one attached hydrogen (secondary N) is 2. The van der Waals surface area contributed by atoms with Crippen LogP contribution in [0, 0.1) is 0 Å². The molecule has 0 aliphatic carbocycles. The minimum Gasteiger partial charge on any atom is -0.373 e. The molecule has 1 aromatic heterocycles. The van der Waals surface area contributed by atoms with E-state index in [1.54, 1.807) is 25.2 Å². The molecule has 0 bridgehead atoms. The topological polar surface area (TPSA) is 88.2 Å². The zero-order valence-corrected chi connectivity index (χ0v) is 10.8. The molecule has 2 rings (SSSR count). The van der Waals surface area contributed by atoms with Gasteiger partial charge in [0.1, 0.15) is 11.5 Å². The van der Waals surface area contributed by atoms with Gasteiger partial charge in [-0.1, -0.05) is 6.07 Å². The van der Waals surface area contributed by atoms with Crippen LogP contribution in [0.1, 0.15) is 16.9 Å². The summed E-state index contributed by atoms with van der Waals surface area (Å²) in [5.41, 5.74) is 0.283. The van der Waals surface area contributed by atoms with Crippen LogP contribution in [0.15, 0.2) is 18.2 Å². The van der Waals surface area contributed by atoms with Crippen molar-refractivity contribution in [2.75, 3.05) is 23.9 Å². The van der Waals surface area contributed by atoms with Crippen molar-refractivity contribution in [1.29, 1.82) is 0 Å². The number of hydrogen-bond donors (Lipinski definition) is 2. The van der Waals surface area contributed by atoms with Crippen LogP contribution in [0.4, 0.5) is 5.82 Å². The molecule has 7 heteroatoms. The largest absolute Gasteiger partial charge is 0.373 e. The summed E-state index contributed by atoms with van der Waals surface area (Å²) >= 11 is 0. The highest BCUT2D eigenvalue weighted by molar-refractivity contribution is 7.91. The number of nitrogens with zero attached hydrogens (tertiary/aromatic N) is 1. The maximum absolute atomic E-state index is 11.9. The molecule has 1 aliphatic rings. The molecule has 1 aliphatic heterocycles. The van der Waals surface area contributed by atoms with Gasteiger partial charge < -0.3 is 10.6 Å². The Hall–Kier alpha value is -1.63. The summed E-state index contributed by atoms with van der Waals surface area (Å²) in [4.78, 5) is 16.0. The van der Waals surface area contributed by atoms with Gasteiger partial charge in [0.2, 0.25) is 0 Å². The van der Waals surface area contributed by atoms with E-state index in [0.29, 0.717) is 12.2 Å². The predicted octanol–water partition coefficient (Wildman–Crippen LogP) is 0.0402. The maximum atomic E-state index is 11.9. The first-order chi connectivity index (χ1) is 8.50. The predicted molar refractivity (Wildman–Crippen MR) is 68.3 cm³/mol. The van der Waals surface area contributed by atoms with E-state index < -0.39 is 9.84 Å². The minimum atomic E-state index is -2.98. The number of anilines is 1. The van der Waals surface area contributed by atoms with Crippen LogP contribution >= 0.6 is 0 Å². The average molecular weight is 269 g/mol. The molecule has 1 unspecified atom stereocenters. The zero-order valence-electron chi connectivity index (χ0n) is 10.0. The summed E-state index contributed by atoms with van der Waals surface area (Å²) < 4.78 is 22.6. The molecule has 2 heterocycles. The van der Waals surface area contributed by atoms with Crippen molar-refractivity contribution in [2.45, 2.75) is 12.5 Å². The van der Waals surface area contributed by atoms with Crippen molar-refractivity contribution in [2.24, 2.45) is 0 Å². The Morgan fingerprint density at radius 2 is 2.22 bits per heavy atom. The maximum Gasteiger partial charge on any atom is 0.270 e. The van der Waals surface area contributed by atoms with Crippen molar-refractivity contribution in [3.8, 4) is 0 Å². The van der Waals surface area contributed by atoms with Crippen molar-refractivity contribution in [1.82, 2.24) is 10.3 Å². The van der Waals surface area contributed by atoms with Gasteiger partial charge in [-0.05, 0) is 18.6 Å². The number of pyridine rings is 1. The summed E-state index contributed by atoms with van der Waals surface area (Å²) in [6.07, 6.45) is 0.472. The van der Waals surface area contributed by atoms with E-state index in [1.807, 2.05) is 0 Å². The van der Waals surface area contributed by atoms with E-state index in [-0.39, 0.29) is 29.1 Å². The number of rotatable bonds is 3. The third kappa shape index (κ3) is 2.98. The van der Waals surface area contributed by atoms with Crippen LogP contribution in [0.25, 0.3) is 0 Å². The fourth-order valence-electron chi connectivity index (χ4n) is 1.87. The Balaban J connectivity index is 2.04. The van der Waals surface area contributed by atoms with Gasteiger partial charge in [0.15, 0.2) is 9.84 Å². The molecular formula is C11H15N3O3S. The first-order valence-corrected chi connectivity index (χ1v) is 7.48. The quantitative estimate of drug-likeness (QED) is 0.809. The van der Waals surface area contributed by atoms with Crippen molar-refractivity contribution in [3.63, 3.8) is 0 Å². The minimum absolute atomic E-state index is 0.0183. The average Bonchev–Trinajstić information content (AvgIpc) is 2.68. The lowest BCUT2D eigenvalue weighted by Gasteiger charge is -2.10. The van der Waals surface area contributed by atoms with E-state index in [1.165, 1.54) is 0 Å². The number of carbonyl (C=O) groups excluding carboxylic acids is 1. The number of hydrogen-bond acceptors (Lipinski definition) is 5. The highest BCUT2D eigenvalue weighted by Gasteiger charge is 2.29. The van der Waals surface area contributed by atoms with Crippen LogP contribution in [0.3, 0.4) is 0 Å². The van der Waals surface area contributed by atoms with Crippen molar-refractivity contribution >= 4 is 21.6 Å².